The average molecular weight is 372 g/mol. The average Bonchev–Trinajstić information content (AvgIpc) is 3.12. The summed E-state index contributed by atoms with van der Waals surface area (Å²) in [6.07, 6.45) is 6.65. The minimum atomic E-state index is -0.403. The Balaban J connectivity index is 1.67. The van der Waals surface area contributed by atoms with Gasteiger partial charge < -0.3 is 5.32 Å². The number of carbonyl (C=O) groups excluding carboxylic acids is 2. The van der Waals surface area contributed by atoms with Crippen molar-refractivity contribution in [1.29, 1.82) is 0 Å². The molecule has 0 spiro atoms. The number of imide groups is 1. The van der Waals surface area contributed by atoms with Crippen molar-refractivity contribution in [3.63, 3.8) is 0 Å². The summed E-state index contributed by atoms with van der Waals surface area (Å²) in [4.78, 5) is 25.7. The second-order valence-corrected chi connectivity index (χ2v) is 8.33. The van der Waals surface area contributed by atoms with Gasteiger partial charge in [-0.2, -0.15) is 0 Å². The largest absolute Gasteiger partial charge is 0.336 e. The van der Waals surface area contributed by atoms with Crippen LogP contribution in [0.2, 0.25) is 0 Å². The van der Waals surface area contributed by atoms with Crippen LogP contribution in [-0.4, -0.2) is 36.0 Å². The van der Waals surface area contributed by atoms with Crippen LogP contribution in [0.1, 0.15) is 76.0 Å². The highest BCUT2D eigenvalue weighted by Gasteiger charge is 2.31. The lowest BCUT2D eigenvalue weighted by atomic mass is 9.83. The van der Waals surface area contributed by atoms with Crippen LogP contribution in [0.3, 0.4) is 0 Å². The van der Waals surface area contributed by atoms with E-state index in [-0.39, 0.29) is 18.0 Å². The zero-order chi connectivity index (χ0) is 19.4. The van der Waals surface area contributed by atoms with Crippen molar-refractivity contribution in [3.05, 3.63) is 35.4 Å². The first-order valence-corrected chi connectivity index (χ1v) is 10.4. The minimum Gasteiger partial charge on any atom is -0.336 e. The normalized spacial score (nSPS) is 20.6. The predicted octanol–water partition coefficient (Wildman–Crippen LogP) is 3.96. The van der Waals surface area contributed by atoms with E-state index < -0.39 is 6.04 Å². The Hall–Kier alpha value is -1.88. The highest BCUT2D eigenvalue weighted by molar-refractivity contribution is 5.98. The molecule has 1 aliphatic heterocycles. The summed E-state index contributed by atoms with van der Waals surface area (Å²) < 4.78 is 0. The van der Waals surface area contributed by atoms with Gasteiger partial charge in [-0.05, 0) is 42.7 Å². The van der Waals surface area contributed by atoms with Crippen molar-refractivity contribution in [2.45, 2.75) is 70.9 Å². The second-order valence-electron chi connectivity index (χ2n) is 8.33. The topological polar surface area (TPSA) is 61.4 Å². The molecular formula is C22H33N3O2. The first-order chi connectivity index (χ1) is 13.0. The summed E-state index contributed by atoms with van der Waals surface area (Å²) in [5.74, 6) is 0.884. The molecule has 3 amide bonds. The molecule has 2 fully saturated rings. The van der Waals surface area contributed by atoms with E-state index in [4.69, 9.17) is 0 Å². The molecule has 1 saturated heterocycles. The lowest BCUT2D eigenvalue weighted by molar-refractivity contribution is -0.129. The molecule has 5 nitrogen and oxygen atoms in total. The molecule has 1 aromatic carbocycles. The Morgan fingerprint density at radius 3 is 2.33 bits per heavy atom. The van der Waals surface area contributed by atoms with Gasteiger partial charge in [-0.3, -0.25) is 15.0 Å². The van der Waals surface area contributed by atoms with Gasteiger partial charge in [0.05, 0.1) is 6.04 Å². The van der Waals surface area contributed by atoms with Crippen molar-refractivity contribution in [2.75, 3.05) is 13.1 Å². The van der Waals surface area contributed by atoms with Crippen molar-refractivity contribution in [3.8, 4) is 0 Å². The lowest BCUT2D eigenvalue weighted by Crippen LogP contribution is -2.47. The summed E-state index contributed by atoms with van der Waals surface area (Å²) in [5.41, 5.74) is 2.65. The molecule has 1 aromatic rings. The van der Waals surface area contributed by atoms with E-state index in [1.54, 1.807) is 0 Å². The summed E-state index contributed by atoms with van der Waals surface area (Å²) >= 11 is 0. The molecule has 1 heterocycles. The van der Waals surface area contributed by atoms with Crippen molar-refractivity contribution in [1.82, 2.24) is 15.5 Å². The van der Waals surface area contributed by atoms with Crippen molar-refractivity contribution >= 4 is 11.9 Å². The summed E-state index contributed by atoms with van der Waals surface area (Å²) in [5, 5.41) is 6.15. The molecule has 2 N–H and O–H groups in total. The number of hydrogen-bond donors (Lipinski definition) is 2. The number of carbonyl (C=O) groups is 2. The van der Waals surface area contributed by atoms with Gasteiger partial charge in [0.2, 0.25) is 5.91 Å². The zero-order valence-electron chi connectivity index (χ0n) is 16.8. The molecule has 1 saturated carbocycles. The fourth-order valence-corrected chi connectivity index (χ4v) is 4.34. The molecule has 0 bridgehead atoms. The number of nitrogens with one attached hydrogen (secondary N) is 2. The van der Waals surface area contributed by atoms with Gasteiger partial charge in [-0.25, -0.2) is 4.79 Å². The number of benzene rings is 1. The SMILES string of the molecule is CC(C)[C@@H](N[C@@H](C)C(=O)N1CCNC1=O)c1ccc(C2CCCCC2)cc1. The summed E-state index contributed by atoms with van der Waals surface area (Å²) in [6.45, 7) is 7.15. The van der Waals surface area contributed by atoms with E-state index in [9.17, 15) is 9.59 Å². The number of hydrogen-bond acceptors (Lipinski definition) is 3. The summed E-state index contributed by atoms with van der Waals surface area (Å²) in [7, 11) is 0. The van der Waals surface area contributed by atoms with Gasteiger partial charge in [0, 0.05) is 19.1 Å². The number of rotatable bonds is 6. The second kappa shape index (κ2) is 8.87. The molecule has 2 aliphatic rings. The van der Waals surface area contributed by atoms with Crippen LogP contribution in [0.4, 0.5) is 4.79 Å². The number of urea groups is 1. The third-order valence-corrected chi connectivity index (χ3v) is 5.96. The van der Waals surface area contributed by atoms with Gasteiger partial charge in [0.1, 0.15) is 0 Å². The number of amides is 3. The summed E-state index contributed by atoms with van der Waals surface area (Å²) in [6, 6.07) is 8.34. The van der Waals surface area contributed by atoms with Gasteiger partial charge in [0.15, 0.2) is 0 Å². The Morgan fingerprint density at radius 1 is 1.11 bits per heavy atom. The molecule has 2 atom stereocenters. The highest BCUT2D eigenvalue weighted by atomic mass is 16.2. The minimum absolute atomic E-state index is 0.0787. The first kappa shape index (κ1) is 19.9. The maximum atomic E-state index is 12.6. The Kier molecular flexibility index (Phi) is 6.53. The van der Waals surface area contributed by atoms with Gasteiger partial charge >= 0.3 is 6.03 Å². The smallest absolute Gasteiger partial charge is 0.324 e. The van der Waals surface area contributed by atoms with E-state index >= 15 is 0 Å². The van der Waals surface area contributed by atoms with E-state index in [2.05, 4.69) is 48.7 Å². The Labute approximate surface area is 162 Å². The molecule has 0 radical (unpaired) electrons. The highest BCUT2D eigenvalue weighted by Crippen LogP contribution is 2.33. The van der Waals surface area contributed by atoms with E-state index in [1.165, 1.54) is 48.1 Å². The standard InChI is InChI=1S/C22H33N3O2/c1-15(2)20(24-16(3)21(26)25-14-13-23-22(25)27)19-11-9-18(10-12-19)17-7-5-4-6-8-17/h9-12,15-17,20,24H,4-8,13-14H2,1-3H3,(H,23,27)/t16-,20+/m0/s1. The third-order valence-electron chi connectivity index (χ3n) is 5.96. The molecule has 148 valence electrons. The third kappa shape index (κ3) is 4.70. The van der Waals surface area contributed by atoms with Crippen LogP contribution >= 0.6 is 0 Å². The molecular weight excluding hydrogens is 338 g/mol. The van der Waals surface area contributed by atoms with Crippen LogP contribution < -0.4 is 10.6 Å². The molecule has 3 rings (SSSR count). The van der Waals surface area contributed by atoms with Gasteiger partial charge in [-0.1, -0.05) is 57.4 Å². The molecule has 0 aromatic heterocycles. The van der Waals surface area contributed by atoms with E-state index in [1.807, 2.05) is 6.92 Å². The quantitative estimate of drug-likeness (QED) is 0.796. The number of nitrogens with zero attached hydrogens (tertiary/aromatic N) is 1. The van der Waals surface area contributed by atoms with E-state index in [0.29, 0.717) is 24.9 Å². The van der Waals surface area contributed by atoms with Crippen LogP contribution in [0, 0.1) is 5.92 Å². The van der Waals surface area contributed by atoms with Crippen LogP contribution in [0.25, 0.3) is 0 Å². The van der Waals surface area contributed by atoms with Gasteiger partial charge in [0.25, 0.3) is 0 Å². The predicted molar refractivity (Wildman–Crippen MR) is 108 cm³/mol. The van der Waals surface area contributed by atoms with Crippen molar-refractivity contribution in [2.24, 2.45) is 5.92 Å². The lowest BCUT2D eigenvalue weighted by Gasteiger charge is -2.28. The maximum Gasteiger partial charge on any atom is 0.324 e. The van der Waals surface area contributed by atoms with Gasteiger partial charge in [-0.15, -0.1) is 0 Å². The van der Waals surface area contributed by atoms with E-state index in [0.717, 1.165) is 0 Å². The van der Waals surface area contributed by atoms with Crippen molar-refractivity contribution < 1.29 is 9.59 Å². The molecule has 5 heteroatoms. The Bertz CT molecular complexity index is 650. The fourth-order valence-electron chi connectivity index (χ4n) is 4.34. The molecule has 0 unspecified atom stereocenters. The zero-order valence-corrected chi connectivity index (χ0v) is 16.8. The monoisotopic (exact) mass is 371 g/mol. The molecule has 27 heavy (non-hydrogen) atoms. The molecule has 1 aliphatic carbocycles. The maximum absolute atomic E-state index is 12.6. The fraction of sp³-hybridized carbons (Fsp3) is 0.636. The Morgan fingerprint density at radius 2 is 1.78 bits per heavy atom. The van der Waals surface area contributed by atoms with Crippen LogP contribution in [-0.2, 0) is 4.79 Å². The first-order valence-electron chi connectivity index (χ1n) is 10.4. The van der Waals surface area contributed by atoms with Crippen LogP contribution in [0.5, 0.6) is 0 Å². The van der Waals surface area contributed by atoms with Crippen LogP contribution in [0.15, 0.2) is 24.3 Å².